The van der Waals surface area contributed by atoms with Crippen LogP contribution in [-0.4, -0.2) is 39.0 Å². The predicted molar refractivity (Wildman–Crippen MR) is 61.2 cm³/mol. The predicted octanol–water partition coefficient (Wildman–Crippen LogP) is -0.522. The van der Waals surface area contributed by atoms with Crippen LogP contribution in [0.1, 0.15) is 18.2 Å². The van der Waals surface area contributed by atoms with Crippen LogP contribution < -0.4 is 11.5 Å². The minimum atomic E-state index is -0.762. The van der Waals surface area contributed by atoms with Crippen LogP contribution in [0, 0.1) is 0 Å². The summed E-state index contributed by atoms with van der Waals surface area (Å²) in [5.74, 6) is 0.160. The number of rotatable bonds is 2. The number of aliphatic hydroxyl groups is 2. The second-order valence-corrected chi connectivity index (χ2v) is 4.18. The Bertz CT molecular complexity index is 431. The Morgan fingerprint density at radius 3 is 2.65 bits per heavy atom. The first kappa shape index (κ1) is 12.3. The van der Waals surface area contributed by atoms with Crippen molar-refractivity contribution in [3.8, 4) is 0 Å². The normalized spacial score (nSPS) is 28.5. The molecule has 94 valence electrons. The summed E-state index contributed by atoms with van der Waals surface area (Å²) >= 11 is 5.75. The molecule has 0 bridgehead atoms. The standard InChI is InChI=1S/C9H13ClN4O3/c10-7-9(12)14-8(11)6(13-7)4-1-3(16)5(2-15)17-4/h3-5,15-16H,1-2H2,(H4,11,12,14)/t3-,4-,5-/m1/s1. The molecular weight excluding hydrogens is 248 g/mol. The highest BCUT2D eigenvalue weighted by atomic mass is 35.5. The molecule has 6 N–H and O–H groups in total. The fourth-order valence-electron chi connectivity index (χ4n) is 1.76. The van der Waals surface area contributed by atoms with Crippen LogP contribution in [0.15, 0.2) is 0 Å². The zero-order valence-corrected chi connectivity index (χ0v) is 9.63. The van der Waals surface area contributed by atoms with Gasteiger partial charge in [-0.2, -0.15) is 0 Å². The van der Waals surface area contributed by atoms with Crippen molar-refractivity contribution in [2.75, 3.05) is 18.1 Å². The molecule has 0 saturated carbocycles. The molecule has 1 aliphatic heterocycles. The molecule has 0 spiro atoms. The Labute approximate surface area is 102 Å². The Kier molecular flexibility index (Phi) is 3.34. The number of anilines is 2. The maximum atomic E-state index is 9.60. The lowest BCUT2D eigenvalue weighted by molar-refractivity contribution is -0.0234. The molecule has 7 nitrogen and oxygen atoms in total. The van der Waals surface area contributed by atoms with E-state index in [-0.39, 0.29) is 29.8 Å². The van der Waals surface area contributed by atoms with Gasteiger partial charge in [0.25, 0.3) is 0 Å². The molecule has 17 heavy (non-hydrogen) atoms. The van der Waals surface area contributed by atoms with Gasteiger partial charge in [0, 0.05) is 6.42 Å². The number of aromatic nitrogens is 2. The van der Waals surface area contributed by atoms with Gasteiger partial charge in [-0.1, -0.05) is 11.6 Å². The molecule has 2 rings (SSSR count). The van der Waals surface area contributed by atoms with Gasteiger partial charge in [0.05, 0.1) is 12.7 Å². The molecule has 1 aliphatic rings. The fourth-order valence-corrected chi connectivity index (χ4v) is 1.89. The number of halogens is 1. The minimum absolute atomic E-state index is 0.0414. The van der Waals surface area contributed by atoms with Gasteiger partial charge < -0.3 is 26.4 Å². The second kappa shape index (κ2) is 4.61. The third-order valence-corrected chi connectivity index (χ3v) is 2.92. The number of hydrogen-bond donors (Lipinski definition) is 4. The Morgan fingerprint density at radius 2 is 2.06 bits per heavy atom. The molecule has 0 radical (unpaired) electrons. The van der Waals surface area contributed by atoms with E-state index < -0.39 is 18.3 Å². The fraction of sp³-hybridized carbons (Fsp3) is 0.556. The molecule has 1 saturated heterocycles. The molecular formula is C9H13ClN4O3. The quantitative estimate of drug-likeness (QED) is 0.563. The lowest BCUT2D eigenvalue weighted by Crippen LogP contribution is -2.24. The molecule has 1 aromatic rings. The highest BCUT2D eigenvalue weighted by Crippen LogP contribution is 2.35. The molecule has 1 aromatic heterocycles. The third kappa shape index (κ3) is 2.27. The Balaban J connectivity index is 2.27. The van der Waals surface area contributed by atoms with Gasteiger partial charge in [-0.15, -0.1) is 0 Å². The van der Waals surface area contributed by atoms with Gasteiger partial charge in [0.1, 0.15) is 23.7 Å². The topological polar surface area (TPSA) is 128 Å². The second-order valence-electron chi connectivity index (χ2n) is 3.82. The highest BCUT2D eigenvalue weighted by molar-refractivity contribution is 6.31. The number of aliphatic hydroxyl groups excluding tert-OH is 2. The molecule has 0 amide bonds. The van der Waals surface area contributed by atoms with Gasteiger partial charge >= 0.3 is 0 Å². The molecule has 0 aliphatic carbocycles. The van der Waals surface area contributed by atoms with Crippen LogP contribution in [0.25, 0.3) is 0 Å². The summed E-state index contributed by atoms with van der Waals surface area (Å²) in [5.41, 5.74) is 11.5. The number of ether oxygens (including phenoxy) is 1. The summed E-state index contributed by atoms with van der Waals surface area (Å²) < 4.78 is 5.40. The van der Waals surface area contributed by atoms with Crippen LogP contribution in [-0.2, 0) is 4.74 Å². The summed E-state index contributed by atoms with van der Waals surface area (Å²) in [6.45, 7) is -0.270. The summed E-state index contributed by atoms with van der Waals surface area (Å²) in [5, 5.41) is 18.6. The SMILES string of the molecule is Nc1nc(N)c([C@H]2C[C@@H](O)[C@@H](CO)O2)nc1Cl. The summed E-state index contributed by atoms with van der Waals surface area (Å²) in [6, 6.07) is 0. The van der Waals surface area contributed by atoms with Crippen molar-refractivity contribution in [3.63, 3.8) is 0 Å². The van der Waals surface area contributed by atoms with Crippen molar-refractivity contribution < 1.29 is 14.9 Å². The smallest absolute Gasteiger partial charge is 0.171 e. The van der Waals surface area contributed by atoms with Crippen LogP contribution in [0.4, 0.5) is 11.6 Å². The first-order chi connectivity index (χ1) is 8.02. The average Bonchev–Trinajstić information content (AvgIpc) is 2.65. The summed E-state index contributed by atoms with van der Waals surface area (Å²) in [6.07, 6.45) is -1.66. The first-order valence-electron chi connectivity index (χ1n) is 5.05. The van der Waals surface area contributed by atoms with Gasteiger partial charge in [-0.25, -0.2) is 9.97 Å². The minimum Gasteiger partial charge on any atom is -0.394 e. The van der Waals surface area contributed by atoms with E-state index in [1.807, 2.05) is 0 Å². The Hall–Kier alpha value is -1.15. The van der Waals surface area contributed by atoms with Crippen molar-refractivity contribution in [1.82, 2.24) is 9.97 Å². The van der Waals surface area contributed by atoms with Gasteiger partial charge in [0.2, 0.25) is 0 Å². The molecule has 3 atom stereocenters. The van der Waals surface area contributed by atoms with E-state index in [4.69, 9.17) is 32.9 Å². The molecule has 0 unspecified atom stereocenters. The zero-order chi connectivity index (χ0) is 12.6. The van der Waals surface area contributed by atoms with Crippen LogP contribution in [0.2, 0.25) is 5.15 Å². The van der Waals surface area contributed by atoms with E-state index in [1.54, 1.807) is 0 Å². The molecule has 1 fully saturated rings. The molecule has 8 heteroatoms. The monoisotopic (exact) mass is 260 g/mol. The maximum absolute atomic E-state index is 9.60. The van der Waals surface area contributed by atoms with E-state index in [2.05, 4.69) is 9.97 Å². The largest absolute Gasteiger partial charge is 0.394 e. The van der Waals surface area contributed by atoms with Crippen molar-refractivity contribution >= 4 is 23.2 Å². The lowest BCUT2D eigenvalue weighted by atomic mass is 10.1. The number of nitrogens with zero attached hydrogens (tertiary/aromatic N) is 2. The van der Waals surface area contributed by atoms with Crippen LogP contribution in [0.3, 0.4) is 0 Å². The van der Waals surface area contributed by atoms with E-state index in [1.165, 1.54) is 0 Å². The number of nitrogens with two attached hydrogens (primary N) is 2. The van der Waals surface area contributed by atoms with Crippen molar-refractivity contribution in [3.05, 3.63) is 10.8 Å². The lowest BCUT2D eigenvalue weighted by Gasteiger charge is -2.13. The van der Waals surface area contributed by atoms with Crippen LogP contribution >= 0.6 is 11.6 Å². The van der Waals surface area contributed by atoms with E-state index in [0.717, 1.165) is 0 Å². The van der Waals surface area contributed by atoms with Gasteiger partial charge in [-0.3, -0.25) is 0 Å². The van der Waals surface area contributed by atoms with Gasteiger partial charge in [0.15, 0.2) is 11.0 Å². The van der Waals surface area contributed by atoms with Crippen molar-refractivity contribution in [1.29, 1.82) is 0 Å². The van der Waals surface area contributed by atoms with Gasteiger partial charge in [-0.05, 0) is 0 Å². The Morgan fingerprint density at radius 1 is 1.35 bits per heavy atom. The summed E-state index contributed by atoms with van der Waals surface area (Å²) in [7, 11) is 0. The highest BCUT2D eigenvalue weighted by Gasteiger charge is 2.36. The van der Waals surface area contributed by atoms with Crippen LogP contribution in [0.5, 0.6) is 0 Å². The zero-order valence-electron chi connectivity index (χ0n) is 8.88. The average molecular weight is 261 g/mol. The molecule has 2 heterocycles. The van der Waals surface area contributed by atoms with E-state index in [9.17, 15) is 5.11 Å². The maximum Gasteiger partial charge on any atom is 0.171 e. The molecule has 0 aromatic carbocycles. The van der Waals surface area contributed by atoms with E-state index >= 15 is 0 Å². The van der Waals surface area contributed by atoms with Crippen molar-refractivity contribution in [2.45, 2.75) is 24.7 Å². The summed E-state index contributed by atoms with van der Waals surface area (Å²) in [4.78, 5) is 7.82. The first-order valence-corrected chi connectivity index (χ1v) is 5.43. The van der Waals surface area contributed by atoms with Crippen molar-refractivity contribution in [2.24, 2.45) is 0 Å². The van der Waals surface area contributed by atoms with E-state index in [0.29, 0.717) is 5.69 Å². The number of nitrogen functional groups attached to an aromatic ring is 2. The number of hydrogen-bond acceptors (Lipinski definition) is 7. The third-order valence-electron chi connectivity index (χ3n) is 2.64.